The van der Waals surface area contributed by atoms with Gasteiger partial charge in [0.25, 0.3) is 0 Å². The highest BCUT2D eigenvalue weighted by Gasteiger charge is 2.20. The molecule has 1 aromatic carbocycles. The molecule has 0 spiro atoms. The number of hydrogen-bond acceptors (Lipinski definition) is 4. The van der Waals surface area contributed by atoms with E-state index < -0.39 is 29.3 Å². The number of benzene rings is 1. The van der Waals surface area contributed by atoms with Gasteiger partial charge in [0.1, 0.15) is 17.6 Å². The number of carbonyl (C=O) groups is 2. The van der Waals surface area contributed by atoms with Crippen LogP contribution in [0.4, 0.5) is 14.9 Å². The maximum absolute atomic E-state index is 13.3. The highest BCUT2D eigenvalue weighted by Crippen LogP contribution is 2.26. The van der Waals surface area contributed by atoms with E-state index in [1.54, 1.807) is 13.8 Å². The topological polar surface area (TPSA) is 79.5 Å². The average molecular weight is 325 g/mol. The number of carbonyl (C=O) groups excluding carboxylic acids is 2. The van der Waals surface area contributed by atoms with Gasteiger partial charge in [-0.15, -0.1) is 0 Å². The Kier molecular flexibility index (Phi) is 6.36. The van der Waals surface area contributed by atoms with Gasteiger partial charge in [-0.05, 0) is 46.8 Å². The first kappa shape index (κ1) is 18.7. The van der Waals surface area contributed by atoms with Gasteiger partial charge in [0.15, 0.2) is 0 Å². The molecular formula is C16H24FN3O3. The fourth-order valence-electron chi connectivity index (χ4n) is 1.78. The predicted octanol–water partition coefficient (Wildman–Crippen LogP) is 2.65. The normalized spacial score (nSPS) is 12.3. The van der Waals surface area contributed by atoms with Crippen molar-refractivity contribution in [1.29, 1.82) is 0 Å². The molecule has 128 valence electrons. The summed E-state index contributed by atoms with van der Waals surface area (Å²) in [6.45, 7) is 9.18. The molecule has 3 N–H and O–H groups in total. The average Bonchev–Trinajstić information content (AvgIpc) is 2.39. The molecule has 0 saturated heterocycles. The second-order valence-corrected chi connectivity index (χ2v) is 6.13. The molecule has 0 aliphatic heterocycles. The minimum Gasteiger partial charge on any atom is -0.492 e. The number of anilines is 1. The summed E-state index contributed by atoms with van der Waals surface area (Å²) in [5.41, 5.74) is 0.0345. The lowest BCUT2D eigenvalue weighted by molar-refractivity contribution is -0.120. The smallest absolute Gasteiger partial charge is 0.321 e. The summed E-state index contributed by atoms with van der Waals surface area (Å²) >= 11 is 0. The van der Waals surface area contributed by atoms with Crippen molar-refractivity contribution in [3.05, 3.63) is 24.0 Å². The third kappa shape index (κ3) is 6.54. The van der Waals surface area contributed by atoms with E-state index in [0.717, 1.165) is 0 Å². The molecule has 0 aliphatic rings. The maximum atomic E-state index is 13.3. The fourth-order valence-corrected chi connectivity index (χ4v) is 1.78. The monoisotopic (exact) mass is 325 g/mol. The molecule has 0 unspecified atom stereocenters. The molecule has 0 bridgehead atoms. The van der Waals surface area contributed by atoms with Gasteiger partial charge in [-0.1, -0.05) is 0 Å². The van der Waals surface area contributed by atoms with Gasteiger partial charge in [0, 0.05) is 11.6 Å². The molecule has 7 heteroatoms. The fraction of sp³-hybridized carbons (Fsp3) is 0.500. The molecule has 0 saturated carbocycles. The molecule has 23 heavy (non-hydrogen) atoms. The van der Waals surface area contributed by atoms with Gasteiger partial charge in [-0.2, -0.15) is 0 Å². The van der Waals surface area contributed by atoms with Crippen LogP contribution in [0, 0.1) is 5.82 Å². The van der Waals surface area contributed by atoms with E-state index in [-0.39, 0.29) is 0 Å². The molecule has 0 radical (unpaired) electrons. The van der Waals surface area contributed by atoms with Crippen molar-refractivity contribution < 1.29 is 18.7 Å². The van der Waals surface area contributed by atoms with E-state index in [1.165, 1.54) is 18.2 Å². The van der Waals surface area contributed by atoms with Crippen molar-refractivity contribution in [2.45, 2.75) is 46.2 Å². The van der Waals surface area contributed by atoms with Crippen LogP contribution < -0.4 is 20.7 Å². The van der Waals surface area contributed by atoms with Crippen LogP contribution >= 0.6 is 0 Å². The summed E-state index contributed by atoms with van der Waals surface area (Å²) in [4.78, 5) is 23.7. The lowest BCUT2D eigenvalue weighted by atomic mass is 10.1. The Labute approximate surface area is 135 Å². The Bertz CT molecular complexity index is 570. The number of urea groups is 1. The highest BCUT2D eigenvalue weighted by atomic mass is 19.1. The van der Waals surface area contributed by atoms with E-state index in [9.17, 15) is 14.0 Å². The standard InChI is InChI=1S/C16H24FN3O3/c1-6-23-13-9-11(17)7-8-12(13)18-10(2)14(21)19-15(22)20-16(3,4)5/h7-10,18H,6H2,1-5H3,(H2,19,20,21,22)/t10-/m1/s1. The van der Waals surface area contributed by atoms with Crippen LogP contribution in [0.2, 0.25) is 0 Å². The Balaban J connectivity index is 2.70. The zero-order chi connectivity index (χ0) is 17.6. The van der Waals surface area contributed by atoms with Gasteiger partial charge < -0.3 is 15.4 Å². The number of rotatable bonds is 5. The number of amides is 3. The van der Waals surface area contributed by atoms with Gasteiger partial charge in [0.2, 0.25) is 5.91 Å². The van der Waals surface area contributed by atoms with E-state index in [4.69, 9.17) is 4.74 Å². The van der Waals surface area contributed by atoms with Gasteiger partial charge in [-0.25, -0.2) is 9.18 Å². The third-order valence-electron chi connectivity index (χ3n) is 2.73. The van der Waals surface area contributed by atoms with E-state index in [1.807, 2.05) is 20.8 Å². The first-order valence-electron chi connectivity index (χ1n) is 7.44. The van der Waals surface area contributed by atoms with Crippen LogP contribution in [0.3, 0.4) is 0 Å². The Morgan fingerprint density at radius 2 is 1.96 bits per heavy atom. The van der Waals surface area contributed by atoms with Crippen LogP contribution in [0.25, 0.3) is 0 Å². The van der Waals surface area contributed by atoms with Crippen molar-refractivity contribution in [3.8, 4) is 5.75 Å². The number of imide groups is 1. The molecule has 1 rings (SSSR count). The molecule has 3 amide bonds. The van der Waals surface area contributed by atoms with Crippen molar-refractivity contribution in [2.24, 2.45) is 0 Å². The Hall–Kier alpha value is -2.31. The molecular weight excluding hydrogens is 301 g/mol. The minimum absolute atomic E-state index is 0.311. The van der Waals surface area contributed by atoms with Crippen molar-refractivity contribution in [1.82, 2.24) is 10.6 Å². The second kappa shape index (κ2) is 7.80. The Morgan fingerprint density at radius 3 is 2.52 bits per heavy atom. The summed E-state index contributed by atoms with van der Waals surface area (Å²) in [5.74, 6) is -0.620. The van der Waals surface area contributed by atoms with E-state index >= 15 is 0 Å². The minimum atomic E-state index is -0.703. The van der Waals surface area contributed by atoms with E-state index in [2.05, 4.69) is 16.0 Å². The molecule has 1 atom stereocenters. The van der Waals surface area contributed by atoms with Crippen LogP contribution in [-0.4, -0.2) is 30.1 Å². The number of hydrogen-bond donors (Lipinski definition) is 3. The van der Waals surface area contributed by atoms with Gasteiger partial charge in [0.05, 0.1) is 12.3 Å². The van der Waals surface area contributed by atoms with Crippen molar-refractivity contribution in [2.75, 3.05) is 11.9 Å². The molecule has 1 aromatic rings. The molecule has 0 fully saturated rings. The predicted molar refractivity (Wildman–Crippen MR) is 87.1 cm³/mol. The summed E-state index contributed by atoms with van der Waals surface area (Å²) in [5, 5.41) is 7.79. The van der Waals surface area contributed by atoms with Crippen LogP contribution in [0.5, 0.6) is 5.75 Å². The number of nitrogens with one attached hydrogen (secondary N) is 3. The van der Waals surface area contributed by atoms with Crippen LogP contribution in [0.15, 0.2) is 18.2 Å². The molecule has 0 aromatic heterocycles. The lowest BCUT2D eigenvalue weighted by Gasteiger charge is -2.22. The zero-order valence-corrected chi connectivity index (χ0v) is 14.1. The highest BCUT2D eigenvalue weighted by molar-refractivity contribution is 5.98. The summed E-state index contributed by atoms with van der Waals surface area (Å²) in [6, 6.07) is 2.72. The van der Waals surface area contributed by atoms with Crippen LogP contribution in [-0.2, 0) is 4.79 Å². The largest absolute Gasteiger partial charge is 0.492 e. The SMILES string of the molecule is CCOc1cc(F)ccc1N[C@H](C)C(=O)NC(=O)NC(C)(C)C. The first-order valence-corrected chi connectivity index (χ1v) is 7.44. The lowest BCUT2D eigenvalue weighted by Crippen LogP contribution is -2.51. The van der Waals surface area contributed by atoms with Crippen molar-refractivity contribution >= 4 is 17.6 Å². The maximum Gasteiger partial charge on any atom is 0.321 e. The van der Waals surface area contributed by atoms with Crippen LogP contribution in [0.1, 0.15) is 34.6 Å². The van der Waals surface area contributed by atoms with E-state index in [0.29, 0.717) is 18.0 Å². The quantitative estimate of drug-likeness (QED) is 0.777. The summed E-state index contributed by atoms with van der Waals surface area (Å²) in [6.07, 6.45) is 0. The zero-order valence-electron chi connectivity index (χ0n) is 14.1. The summed E-state index contributed by atoms with van der Waals surface area (Å²) in [7, 11) is 0. The third-order valence-corrected chi connectivity index (χ3v) is 2.73. The van der Waals surface area contributed by atoms with Gasteiger partial charge in [-0.3, -0.25) is 10.1 Å². The molecule has 0 aliphatic carbocycles. The molecule has 0 heterocycles. The molecule has 6 nitrogen and oxygen atoms in total. The number of ether oxygens (including phenoxy) is 1. The number of halogens is 1. The van der Waals surface area contributed by atoms with Crippen molar-refractivity contribution in [3.63, 3.8) is 0 Å². The summed E-state index contributed by atoms with van der Waals surface area (Å²) < 4.78 is 18.6. The second-order valence-electron chi connectivity index (χ2n) is 6.13. The first-order chi connectivity index (χ1) is 10.6. The Morgan fingerprint density at radius 1 is 1.30 bits per heavy atom. The van der Waals surface area contributed by atoms with Gasteiger partial charge >= 0.3 is 6.03 Å².